The molecule has 1 aromatic heterocycles. The van der Waals surface area contributed by atoms with Gasteiger partial charge in [0, 0.05) is 0 Å². The standard InChI is InChI=1S/C7H5ClF5NO.ClH/c8-4-2-1-3(15-4)5(14)6(9,10)7(11,12)13;/h1-2,5H,14H2;1H/t5-;/m1./s1. The molecule has 0 saturated heterocycles. The summed E-state index contributed by atoms with van der Waals surface area (Å²) in [6.07, 6.45) is -5.73. The zero-order valence-electron chi connectivity index (χ0n) is 7.39. The van der Waals surface area contributed by atoms with Gasteiger partial charge in [-0.1, -0.05) is 0 Å². The second-order valence-corrected chi connectivity index (χ2v) is 3.11. The van der Waals surface area contributed by atoms with Crippen molar-refractivity contribution in [2.75, 3.05) is 0 Å². The van der Waals surface area contributed by atoms with Crippen LogP contribution in [0, 0.1) is 0 Å². The van der Waals surface area contributed by atoms with Crippen molar-refractivity contribution in [1.29, 1.82) is 0 Å². The predicted octanol–water partition coefficient (Wildman–Crippen LogP) is 3.55. The number of alkyl halides is 5. The van der Waals surface area contributed by atoms with Crippen LogP contribution in [-0.4, -0.2) is 12.1 Å². The van der Waals surface area contributed by atoms with E-state index in [-0.39, 0.29) is 17.6 Å². The van der Waals surface area contributed by atoms with Gasteiger partial charge in [-0.2, -0.15) is 22.0 Å². The van der Waals surface area contributed by atoms with E-state index in [1.54, 1.807) is 0 Å². The van der Waals surface area contributed by atoms with E-state index in [1.165, 1.54) is 0 Å². The maximum Gasteiger partial charge on any atom is 0.455 e. The molecule has 0 amide bonds. The summed E-state index contributed by atoms with van der Waals surface area (Å²) in [5.41, 5.74) is 4.75. The molecular formula is C7H6Cl2F5NO. The summed E-state index contributed by atoms with van der Waals surface area (Å²) < 4.78 is 65.3. The van der Waals surface area contributed by atoms with E-state index >= 15 is 0 Å². The van der Waals surface area contributed by atoms with Gasteiger partial charge in [0.15, 0.2) is 5.22 Å². The van der Waals surface area contributed by atoms with Gasteiger partial charge in [-0.15, -0.1) is 12.4 Å². The second-order valence-electron chi connectivity index (χ2n) is 2.74. The largest absolute Gasteiger partial charge is 0.455 e. The van der Waals surface area contributed by atoms with Crippen molar-refractivity contribution in [1.82, 2.24) is 0 Å². The van der Waals surface area contributed by atoms with Gasteiger partial charge in [-0.05, 0) is 23.7 Å². The lowest BCUT2D eigenvalue weighted by atomic mass is 10.1. The number of hydrogen-bond acceptors (Lipinski definition) is 2. The van der Waals surface area contributed by atoms with Crippen molar-refractivity contribution in [2.45, 2.75) is 18.1 Å². The summed E-state index contributed by atoms with van der Waals surface area (Å²) in [6.45, 7) is 0. The van der Waals surface area contributed by atoms with Gasteiger partial charge in [0.05, 0.1) is 0 Å². The Morgan fingerprint density at radius 1 is 1.19 bits per heavy atom. The SMILES string of the molecule is Cl.N[C@H](c1ccc(Cl)o1)C(F)(F)C(F)(F)F. The van der Waals surface area contributed by atoms with Gasteiger partial charge in [-0.3, -0.25) is 0 Å². The third-order valence-electron chi connectivity index (χ3n) is 1.67. The first-order valence-electron chi connectivity index (χ1n) is 3.61. The van der Waals surface area contributed by atoms with Crippen molar-refractivity contribution < 1.29 is 26.4 Å². The Hall–Kier alpha value is -0.530. The van der Waals surface area contributed by atoms with Crippen LogP contribution in [0.4, 0.5) is 22.0 Å². The fourth-order valence-electron chi connectivity index (χ4n) is 0.850. The van der Waals surface area contributed by atoms with Crippen molar-refractivity contribution in [3.05, 3.63) is 23.1 Å². The molecule has 2 N–H and O–H groups in total. The molecule has 16 heavy (non-hydrogen) atoms. The first-order chi connectivity index (χ1) is 6.66. The molecule has 1 heterocycles. The van der Waals surface area contributed by atoms with Crippen molar-refractivity contribution in [3.8, 4) is 0 Å². The topological polar surface area (TPSA) is 39.2 Å². The second kappa shape index (κ2) is 4.77. The Kier molecular flexibility index (Phi) is 4.61. The molecule has 0 spiro atoms. The summed E-state index contributed by atoms with van der Waals surface area (Å²) in [5.74, 6) is -5.78. The van der Waals surface area contributed by atoms with Crippen LogP contribution in [0.15, 0.2) is 16.5 Å². The van der Waals surface area contributed by atoms with E-state index < -0.39 is 23.9 Å². The van der Waals surface area contributed by atoms with Gasteiger partial charge in [0.1, 0.15) is 11.8 Å². The molecule has 0 unspecified atom stereocenters. The van der Waals surface area contributed by atoms with Crippen LogP contribution >= 0.6 is 24.0 Å². The van der Waals surface area contributed by atoms with E-state index in [2.05, 4.69) is 4.42 Å². The molecule has 0 aliphatic rings. The molecule has 9 heteroatoms. The van der Waals surface area contributed by atoms with Crippen LogP contribution in [-0.2, 0) is 0 Å². The molecule has 2 nitrogen and oxygen atoms in total. The van der Waals surface area contributed by atoms with Crippen LogP contribution in [0.5, 0.6) is 0 Å². The van der Waals surface area contributed by atoms with Gasteiger partial charge < -0.3 is 10.2 Å². The van der Waals surface area contributed by atoms with Crippen molar-refractivity contribution in [2.24, 2.45) is 5.73 Å². The fraction of sp³-hybridized carbons (Fsp3) is 0.429. The molecule has 0 aliphatic heterocycles. The zero-order valence-corrected chi connectivity index (χ0v) is 8.97. The Balaban J connectivity index is 0.00000225. The molecule has 0 radical (unpaired) electrons. The number of rotatable bonds is 2. The number of nitrogens with two attached hydrogens (primary N) is 1. The molecule has 0 fully saturated rings. The monoisotopic (exact) mass is 285 g/mol. The summed E-state index contributed by atoms with van der Waals surface area (Å²) in [5, 5.41) is -0.307. The lowest BCUT2D eigenvalue weighted by Crippen LogP contribution is -2.45. The highest BCUT2D eigenvalue weighted by molar-refractivity contribution is 6.28. The maximum absolute atomic E-state index is 12.7. The van der Waals surface area contributed by atoms with Crippen LogP contribution in [0.25, 0.3) is 0 Å². The first kappa shape index (κ1) is 15.5. The molecule has 1 rings (SSSR count). The van der Waals surface area contributed by atoms with E-state index in [0.717, 1.165) is 12.1 Å². The third kappa shape index (κ3) is 2.78. The molecule has 0 aromatic carbocycles. The minimum Gasteiger partial charge on any atom is -0.448 e. The van der Waals surface area contributed by atoms with E-state index in [1.807, 2.05) is 0 Å². The van der Waals surface area contributed by atoms with Gasteiger partial charge in [-0.25, -0.2) is 0 Å². The van der Waals surface area contributed by atoms with E-state index in [9.17, 15) is 22.0 Å². The highest BCUT2D eigenvalue weighted by atomic mass is 35.5. The average Bonchev–Trinajstić information content (AvgIpc) is 2.48. The minimum absolute atomic E-state index is 0. The summed E-state index contributed by atoms with van der Waals surface area (Å²) in [4.78, 5) is 0. The third-order valence-corrected chi connectivity index (χ3v) is 1.87. The smallest absolute Gasteiger partial charge is 0.448 e. The molecule has 0 saturated carbocycles. The van der Waals surface area contributed by atoms with Gasteiger partial charge in [0.25, 0.3) is 0 Å². The number of halogens is 7. The molecular weight excluding hydrogens is 280 g/mol. The van der Waals surface area contributed by atoms with E-state index in [0.29, 0.717) is 0 Å². The molecule has 94 valence electrons. The fourth-order valence-corrected chi connectivity index (χ4v) is 1.00. The van der Waals surface area contributed by atoms with Crippen LogP contribution in [0.3, 0.4) is 0 Å². The zero-order chi connectivity index (χ0) is 11.9. The lowest BCUT2D eigenvalue weighted by molar-refractivity contribution is -0.292. The van der Waals surface area contributed by atoms with Crippen LogP contribution in [0.1, 0.15) is 11.8 Å². The normalized spacial score (nSPS) is 14.4. The Morgan fingerprint density at radius 3 is 2.00 bits per heavy atom. The van der Waals surface area contributed by atoms with Crippen LogP contribution in [0.2, 0.25) is 5.22 Å². The number of hydrogen-bond donors (Lipinski definition) is 1. The Labute approximate surface area is 97.9 Å². The highest BCUT2D eigenvalue weighted by Crippen LogP contribution is 2.43. The van der Waals surface area contributed by atoms with Crippen molar-refractivity contribution in [3.63, 3.8) is 0 Å². The molecule has 0 aliphatic carbocycles. The van der Waals surface area contributed by atoms with Crippen molar-refractivity contribution >= 4 is 24.0 Å². The Bertz CT molecular complexity index is 351. The summed E-state index contributed by atoms with van der Waals surface area (Å²) in [6, 6.07) is -0.708. The Morgan fingerprint density at radius 2 is 1.69 bits per heavy atom. The number of furan rings is 1. The minimum atomic E-state index is -5.73. The van der Waals surface area contributed by atoms with Crippen LogP contribution < -0.4 is 5.73 Å². The van der Waals surface area contributed by atoms with E-state index in [4.69, 9.17) is 17.3 Å². The first-order valence-corrected chi connectivity index (χ1v) is 3.99. The summed E-state index contributed by atoms with van der Waals surface area (Å²) >= 11 is 5.22. The van der Waals surface area contributed by atoms with Gasteiger partial charge >= 0.3 is 12.1 Å². The lowest BCUT2D eigenvalue weighted by Gasteiger charge is -2.23. The maximum atomic E-state index is 12.7. The highest BCUT2D eigenvalue weighted by Gasteiger charge is 2.62. The molecule has 0 bridgehead atoms. The van der Waals surface area contributed by atoms with Gasteiger partial charge in [0.2, 0.25) is 0 Å². The summed E-state index contributed by atoms with van der Waals surface area (Å²) in [7, 11) is 0. The average molecular weight is 286 g/mol. The molecule has 1 aromatic rings. The molecule has 1 atom stereocenters. The quantitative estimate of drug-likeness (QED) is 0.844. The predicted molar refractivity (Wildman–Crippen MR) is 48.9 cm³/mol.